The normalized spacial score (nSPS) is 16.4. The molecule has 0 unspecified atom stereocenters. The smallest absolute Gasteiger partial charge is 0.254 e. The molecule has 17 heavy (non-hydrogen) atoms. The number of piperidine rings is 1. The molecule has 0 N–H and O–H groups in total. The second-order valence-electron chi connectivity index (χ2n) is 4.37. The van der Waals surface area contributed by atoms with Crippen LogP contribution in [0.3, 0.4) is 0 Å². The van der Waals surface area contributed by atoms with Crippen LogP contribution in [0.1, 0.15) is 24.8 Å². The molecular formula is C12H15IN2O2. The van der Waals surface area contributed by atoms with Gasteiger partial charge >= 0.3 is 0 Å². The SMILES string of the molecule is Cc1cc(I)cn(CN2CCCCC2=O)c1=O. The van der Waals surface area contributed by atoms with Crippen LogP contribution in [-0.4, -0.2) is 21.9 Å². The molecule has 0 atom stereocenters. The highest BCUT2D eigenvalue weighted by Gasteiger charge is 2.18. The number of carbonyl (C=O) groups excluding carboxylic acids is 1. The average molecular weight is 346 g/mol. The molecule has 1 aliphatic rings. The van der Waals surface area contributed by atoms with Crippen molar-refractivity contribution in [2.24, 2.45) is 0 Å². The Morgan fingerprint density at radius 2 is 2.12 bits per heavy atom. The third-order valence-corrected chi connectivity index (χ3v) is 3.57. The van der Waals surface area contributed by atoms with Crippen molar-refractivity contribution in [3.05, 3.63) is 31.8 Å². The van der Waals surface area contributed by atoms with E-state index in [1.165, 1.54) is 0 Å². The summed E-state index contributed by atoms with van der Waals surface area (Å²) in [6.45, 7) is 2.95. The van der Waals surface area contributed by atoms with Crippen molar-refractivity contribution in [3.63, 3.8) is 0 Å². The molecule has 92 valence electrons. The Morgan fingerprint density at radius 1 is 1.35 bits per heavy atom. The maximum atomic E-state index is 11.9. The van der Waals surface area contributed by atoms with Gasteiger partial charge in [0, 0.05) is 28.3 Å². The van der Waals surface area contributed by atoms with Gasteiger partial charge in [0.2, 0.25) is 5.91 Å². The highest BCUT2D eigenvalue weighted by atomic mass is 127. The molecule has 1 amide bonds. The number of pyridine rings is 1. The largest absolute Gasteiger partial charge is 0.325 e. The zero-order chi connectivity index (χ0) is 12.4. The highest BCUT2D eigenvalue weighted by Crippen LogP contribution is 2.11. The van der Waals surface area contributed by atoms with E-state index in [1.54, 1.807) is 22.6 Å². The van der Waals surface area contributed by atoms with Crippen LogP contribution in [-0.2, 0) is 11.5 Å². The van der Waals surface area contributed by atoms with Gasteiger partial charge in [-0.25, -0.2) is 0 Å². The molecule has 0 saturated carbocycles. The molecule has 5 heteroatoms. The molecule has 1 saturated heterocycles. The number of likely N-dealkylation sites (tertiary alicyclic amines) is 1. The summed E-state index contributed by atoms with van der Waals surface area (Å²) in [4.78, 5) is 25.4. The van der Waals surface area contributed by atoms with Gasteiger partial charge in [0.15, 0.2) is 0 Å². The zero-order valence-corrected chi connectivity index (χ0v) is 11.9. The molecule has 2 heterocycles. The minimum absolute atomic E-state index is 0.0104. The van der Waals surface area contributed by atoms with E-state index in [9.17, 15) is 9.59 Å². The van der Waals surface area contributed by atoms with Crippen LogP contribution in [0.2, 0.25) is 0 Å². The topological polar surface area (TPSA) is 42.3 Å². The number of rotatable bonds is 2. The minimum atomic E-state index is -0.0104. The number of hydrogen-bond donors (Lipinski definition) is 0. The Labute approximate surface area is 114 Å². The Hall–Kier alpha value is -0.850. The van der Waals surface area contributed by atoms with E-state index < -0.39 is 0 Å². The van der Waals surface area contributed by atoms with E-state index >= 15 is 0 Å². The number of halogens is 1. The van der Waals surface area contributed by atoms with Gasteiger partial charge in [0.05, 0.1) is 0 Å². The van der Waals surface area contributed by atoms with Crippen molar-refractivity contribution in [2.45, 2.75) is 32.9 Å². The van der Waals surface area contributed by atoms with Crippen molar-refractivity contribution in [1.82, 2.24) is 9.47 Å². The van der Waals surface area contributed by atoms with Gasteiger partial charge in [-0.05, 0) is 48.4 Å². The van der Waals surface area contributed by atoms with Crippen molar-refractivity contribution in [2.75, 3.05) is 6.54 Å². The molecule has 2 rings (SSSR count). The molecule has 4 nitrogen and oxygen atoms in total. The van der Waals surface area contributed by atoms with Gasteiger partial charge < -0.3 is 4.90 Å². The lowest BCUT2D eigenvalue weighted by molar-refractivity contribution is -0.135. The Kier molecular flexibility index (Phi) is 3.86. The standard InChI is InChI=1S/C12H15IN2O2/c1-9-6-10(13)7-15(12(9)17)8-14-5-3-2-4-11(14)16/h6-7H,2-5,8H2,1H3. The van der Waals surface area contributed by atoms with Crippen molar-refractivity contribution < 1.29 is 4.79 Å². The minimum Gasteiger partial charge on any atom is -0.325 e. The van der Waals surface area contributed by atoms with Crippen molar-refractivity contribution >= 4 is 28.5 Å². The number of amides is 1. The zero-order valence-electron chi connectivity index (χ0n) is 9.78. The van der Waals surface area contributed by atoms with Crippen LogP contribution in [0.15, 0.2) is 17.1 Å². The van der Waals surface area contributed by atoms with Gasteiger partial charge in [-0.15, -0.1) is 0 Å². The summed E-state index contributed by atoms with van der Waals surface area (Å²) in [6, 6.07) is 1.86. The molecule has 0 radical (unpaired) electrons. The lowest BCUT2D eigenvalue weighted by atomic mass is 10.1. The van der Waals surface area contributed by atoms with E-state index in [1.807, 2.05) is 6.07 Å². The molecule has 0 aromatic carbocycles. The van der Waals surface area contributed by atoms with E-state index in [2.05, 4.69) is 22.6 Å². The van der Waals surface area contributed by atoms with E-state index in [0.717, 1.165) is 28.5 Å². The van der Waals surface area contributed by atoms with Gasteiger partial charge in [-0.3, -0.25) is 14.2 Å². The maximum absolute atomic E-state index is 11.9. The number of carbonyl (C=O) groups is 1. The van der Waals surface area contributed by atoms with Gasteiger partial charge in [0.1, 0.15) is 6.67 Å². The summed E-state index contributed by atoms with van der Waals surface area (Å²) in [5, 5.41) is 0. The first kappa shape index (κ1) is 12.6. The summed E-state index contributed by atoms with van der Waals surface area (Å²) in [7, 11) is 0. The number of aryl methyl sites for hydroxylation is 1. The van der Waals surface area contributed by atoms with E-state index in [0.29, 0.717) is 13.1 Å². The van der Waals surface area contributed by atoms with Crippen LogP contribution < -0.4 is 5.56 Å². The molecule has 1 aliphatic heterocycles. The third kappa shape index (κ3) is 2.88. The molecular weight excluding hydrogens is 331 g/mol. The van der Waals surface area contributed by atoms with Crippen LogP contribution in [0.5, 0.6) is 0 Å². The summed E-state index contributed by atoms with van der Waals surface area (Å²) < 4.78 is 2.64. The first-order valence-corrected chi connectivity index (χ1v) is 6.80. The number of hydrogen-bond acceptors (Lipinski definition) is 2. The molecule has 1 aromatic heterocycles. The average Bonchev–Trinajstić information content (AvgIpc) is 2.28. The van der Waals surface area contributed by atoms with Gasteiger partial charge in [-0.2, -0.15) is 0 Å². The molecule has 1 fully saturated rings. The summed E-state index contributed by atoms with van der Waals surface area (Å²) in [5.41, 5.74) is 0.713. The van der Waals surface area contributed by atoms with Crippen LogP contribution in [0.25, 0.3) is 0 Å². The fourth-order valence-corrected chi connectivity index (χ4v) is 2.84. The van der Waals surface area contributed by atoms with Crippen molar-refractivity contribution in [3.8, 4) is 0 Å². The van der Waals surface area contributed by atoms with Gasteiger partial charge in [-0.1, -0.05) is 0 Å². The lowest BCUT2D eigenvalue weighted by Crippen LogP contribution is -2.39. The quantitative estimate of drug-likeness (QED) is 0.766. The number of aromatic nitrogens is 1. The fourth-order valence-electron chi connectivity index (χ4n) is 2.04. The Morgan fingerprint density at radius 3 is 2.82 bits per heavy atom. The molecule has 1 aromatic rings. The van der Waals surface area contributed by atoms with Crippen LogP contribution in [0.4, 0.5) is 0 Å². The second kappa shape index (κ2) is 5.20. The Balaban J connectivity index is 2.23. The van der Waals surface area contributed by atoms with E-state index in [-0.39, 0.29) is 11.5 Å². The predicted octanol–water partition coefficient (Wildman–Crippen LogP) is 1.73. The first-order valence-electron chi connectivity index (χ1n) is 5.72. The summed E-state index contributed by atoms with van der Waals surface area (Å²) in [5.74, 6) is 0.152. The number of nitrogens with zero attached hydrogens (tertiary/aromatic N) is 2. The van der Waals surface area contributed by atoms with Crippen molar-refractivity contribution in [1.29, 1.82) is 0 Å². The van der Waals surface area contributed by atoms with Gasteiger partial charge in [0.25, 0.3) is 5.56 Å². The highest BCUT2D eigenvalue weighted by molar-refractivity contribution is 14.1. The summed E-state index contributed by atoms with van der Waals surface area (Å²) in [6.07, 6.45) is 4.41. The fraction of sp³-hybridized carbons (Fsp3) is 0.500. The second-order valence-corrected chi connectivity index (χ2v) is 5.62. The third-order valence-electron chi connectivity index (χ3n) is 2.98. The lowest BCUT2D eigenvalue weighted by Gasteiger charge is -2.27. The Bertz CT molecular complexity index is 496. The van der Waals surface area contributed by atoms with E-state index in [4.69, 9.17) is 0 Å². The summed E-state index contributed by atoms with van der Waals surface area (Å²) >= 11 is 2.18. The molecule has 0 bridgehead atoms. The predicted molar refractivity (Wildman–Crippen MR) is 73.7 cm³/mol. The molecule has 0 aliphatic carbocycles. The monoisotopic (exact) mass is 346 g/mol. The van der Waals surface area contributed by atoms with Crippen LogP contribution in [0, 0.1) is 10.5 Å². The first-order chi connectivity index (χ1) is 8.08. The van der Waals surface area contributed by atoms with Crippen LogP contribution >= 0.6 is 22.6 Å². The maximum Gasteiger partial charge on any atom is 0.254 e. The molecule has 0 spiro atoms.